The van der Waals surface area contributed by atoms with Gasteiger partial charge in [0.1, 0.15) is 0 Å². The van der Waals surface area contributed by atoms with Crippen molar-refractivity contribution >= 4 is 6.03 Å². The third-order valence-electron chi connectivity index (χ3n) is 2.15. The topological polar surface area (TPSA) is 32.3 Å². The predicted octanol–water partition coefficient (Wildman–Crippen LogP) is 1.84. The van der Waals surface area contributed by atoms with Gasteiger partial charge in [0.15, 0.2) is 0 Å². The van der Waals surface area contributed by atoms with Gasteiger partial charge in [0.2, 0.25) is 0 Å². The molecule has 0 aromatic rings. The van der Waals surface area contributed by atoms with Crippen LogP contribution in [-0.4, -0.2) is 30.1 Å². The number of hydrogen-bond acceptors (Lipinski definition) is 1. The van der Waals surface area contributed by atoms with E-state index in [0.29, 0.717) is 0 Å². The summed E-state index contributed by atoms with van der Waals surface area (Å²) >= 11 is 0. The third kappa shape index (κ3) is 3.60. The predicted molar refractivity (Wildman–Crippen MR) is 51.2 cm³/mol. The van der Waals surface area contributed by atoms with Gasteiger partial charge in [-0.2, -0.15) is 0 Å². The number of rotatable bonds is 3. The Morgan fingerprint density at radius 2 is 1.92 bits per heavy atom. The Hall–Kier alpha value is -0.730. The van der Waals surface area contributed by atoms with Crippen LogP contribution in [0.5, 0.6) is 0 Å². The first-order chi connectivity index (χ1) is 5.43. The maximum atomic E-state index is 11.4. The number of carbonyl (C=O) groups excluding carboxylic acids is 1. The Labute approximate surface area is 75.1 Å². The molecule has 0 aliphatic rings. The molecule has 72 valence electrons. The lowest BCUT2D eigenvalue weighted by Gasteiger charge is -2.27. The highest BCUT2D eigenvalue weighted by molar-refractivity contribution is 5.74. The van der Waals surface area contributed by atoms with Gasteiger partial charge in [-0.15, -0.1) is 0 Å². The van der Waals surface area contributed by atoms with Gasteiger partial charge in [0.05, 0.1) is 0 Å². The van der Waals surface area contributed by atoms with Crippen molar-refractivity contribution in [3.8, 4) is 0 Å². The van der Waals surface area contributed by atoms with Crippen molar-refractivity contribution in [3.05, 3.63) is 0 Å². The molecule has 0 spiro atoms. The van der Waals surface area contributed by atoms with Crippen LogP contribution in [0.15, 0.2) is 0 Å². The van der Waals surface area contributed by atoms with E-state index < -0.39 is 0 Å². The van der Waals surface area contributed by atoms with E-state index in [1.165, 1.54) is 0 Å². The van der Waals surface area contributed by atoms with Crippen molar-refractivity contribution in [3.63, 3.8) is 0 Å². The summed E-state index contributed by atoms with van der Waals surface area (Å²) in [7, 11) is 1.79. The Balaban J connectivity index is 4.00. The zero-order valence-corrected chi connectivity index (χ0v) is 8.77. The van der Waals surface area contributed by atoms with Gasteiger partial charge in [-0.1, -0.05) is 6.92 Å². The maximum Gasteiger partial charge on any atom is 0.317 e. The molecule has 3 heteroatoms. The second kappa shape index (κ2) is 4.33. The molecular weight excluding hydrogens is 152 g/mol. The quantitative estimate of drug-likeness (QED) is 0.692. The summed E-state index contributed by atoms with van der Waals surface area (Å²) in [6.07, 6.45) is 0.941. The lowest BCUT2D eigenvalue weighted by atomic mass is 10.0. The third-order valence-corrected chi connectivity index (χ3v) is 2.15. The van der Waals surface area contributed by atoms with Crippen molar-refractivity contribution in [2.24, 2.45) is 0 Å². The van der Waals surface area contributed by atoms with Crippen LogP contribution in [0.3, 0.4) is 0 Å². The van der Waals surface area contributed by atoms with Crippen molar-refractivity contribution < 1.29 is 4.79 Å². The number of carbonyl (C=O) groups is 1. The largest absolute Gasteiger partial charge is 0.333 e. The van der Waals surface area contributed by atoms with Crippen molar-refractivity contribution in [2.75, 3.05) is 13.6 Å². The molecule has 0 rings (SSSR count). The van der Waals surface area contributed by atoms with Gasteiger partial charge in [-0.25, -0.2) is 4.79 Å². The lowest BCUT2D eigenvalue weighted by molar-refractivity contribution is 0.198. The van der Waals surface area contributed by atoms with Crippen LogP contribution in [0.25, 0.3) is 0 Å². The summed E-state index contributed by atoms with van der Waals surface area (Å²) in [5, 5.41) is 2.94. The van der Waals surface area contributed by atoms with Gasteiger partial charge in [0, 0.05) is 19.1 Å². The molecule has 3 nitrogen and oxygen atoms in total. The Kier molecular flexibility index (Phi) is 4.07. The lowest BCUT2D eigenvalue weighted by Crippen LogP contribution is -2.48. The molecule has 0 aromatic carbocycles. The standard InChI is InChI=1S/C9H20N2O/c1-6-9(3,4)10-8(12)11(5)7-2/h6-7H2,1-5H3,(H,10,12). The fourth-order valence-electron chi connectivity index (χ4n) is 0.617. The molecular formula is C9H20N2O. The van der Waals surface area contributed by atoms with E-state index in [1.54, 1.807) is 11.9 Å². The number of nitrogens with one attached hydrogen (secondary N) is 1. The highest BCUT2D eigenvalue weighted by Gasteiger charge is 2.18. The molecule has 2 amide bonds. The Morgan fingerprint density at radius 1 is 1.42 bits per heavy atom. The Morgan fingerprint density at radius 3 is 2.25 bits per heavy atom. The summed E-state index contributed by atoms with van der Waals surface area (Å²) in [6.45, 7) is 8.80. The minimum absolute atomic E-state index is 0.00403. The van der Waals surface area contributed by atoms with E-state index in [-0.39, 0.29) is 11.6 Å². The van der Waals surface area contributed by atoms with Gasteiger partial charge in [-0.05, 0) is 27.2 Å². The minimum Gasteiger partial charge on any atom is -0.333 e. The SMILES string of the molecule is CCN(C)C(=O)NC(C)(C)CC. The maximum absolute atomic E-state index is 11.4. The number of amides is 2. The highest BCUT2D eigenvalue weighted by Crippen LogP contribution is 2.06. The fraction of sp³-hybridized carbons (Fsp3) is 0.889. The van der Waals surface area contributed by atoms with Crippen molar-refractivity contribution in [1.29, 1.82) is 0 Å². The summed E-state index contributed by atoms with van der Waals surface area (Å²) in [4.78, 5) is 13.0. The van der Waals surface area contributed by atoms with Crippen LogP contribution < -0.4 is 5.32 Å². The van der Waals surface area contributed by atoms with Crippen LogP contribution in [0.1, 0.15) is 34.1 Å². The van der Waals surface area contributed by atoms with E-state index in [4.69, 9.17) is 0 Å². The summed E-state index contributed by atoms with van der Waals surface area (Å²) in [5.41, 5.74) is -0.0967. The molecule has 12 heavy (non-hydrogen) atoms. The van der Waals surface area contributed by atoms with E-state index in [9.17, 15) is 4.79 Å². The molecule has 0 atom stereocenters. The first kappa shape index (κ1) is 11.3. The number of nitrogens with zero attached hydrogens (tertiary/aromatic N) is 1. The summed E-state index contributed by atoms with van der Waals surface area (Å²) < 4.78 is 0. The van der Waals surface area contributed by atoms with Crippen LogP contribution in [0.4, 0.5) is 4.79 Å². The molecule has 0 saturated heterocycles. The highest BCUT2D eigenvalue weighted by atomic mass is 16.2. The second-order valence-electron chi connectivity index (χ2n) is 3.68. The summed E-state index contributed by atoms with van der Waals surface area (Å²) in [5.74, 6) is 0. The molecule has 1 N–H and O–H groups in total. The minimum atomic E-state index is -0.0967. The van der Waals surface area contributed by atoms with Crippen LogP contribution in [0, 0.1) is 0 Å². The summed E-state index contributed by atoms with van der Waals surface area (Å²) in [6, 6.07) is 0.00403. The molecule has 0 heterocycles. The van der Waals surface area contributed by atoms with Gasteiger partial charge < -0.3 is 10.2 Å². The zero-order valence-electron chi connectivity index (χ0n) is 8.77. The van der Waals surface area contributed by atoms with E-state index in [0.717, 1.165) is 13.0 Å². The van der Waals surface area contributed by atoms with E-state index in [2.05, 4.69) is 12.2 Å². The molecule has 0 unspecified atom stereocenters. The average Bonchev–Trinajstić information content (AvgIpc) is 2.02. The van der Waals surface area contributed by atoms with Gasteiger partial charge in [0.25, 0.3) is 0 Å². The second-order valence-corrected chi connectivity index (χ2v) is 3.68. The Bertz CT molecular complexity index is 155. The zero-order chi connectivity index (χ0) is 9.78. The number of urea groups is 1. The van der Waals surface area contributed by atoms with Crippen LogP contribution >= 0.6 is 0 Å². The van der Waals surface area contributed by atoms with E-state index >= 15 is 0 Å². The normalized spacial score (nSPS) is 11.1. The first-order valence-corrected chi connectivity index (χ1v) is 4.46. The molecule has 0 radical (unpaired) electrons. The molecule has 0 aliphatic carbocycles. The van der Waals surface area contributed by atoms with E-state index in [1.807, 2.05) is 20.8 Å². The fourth-order valence-corrected chi connectivity index (χ4v) is 0.617. The smallest absolute Gasteiger partial charge is 0.317 e. The van der Waals surface area contributed by atoms with Crippen LogP contribution in [-0.2, 0) is 0 Å². The molecule has 0 aromatic heterocycles. The van der Waals surface area contributed by atoms with Crippen molar-refractivity contribution in [1.82, 2.24) is 10.2 Å². The van der Waals surface area contributed by atoms with Crippen LogP contribution in [0.2, 0.25) is 0 Å². The average molecular weight is 172 g/mol. The molecule has 0 aliphatic heterocycles. The molecule has 0 bridgehead atoms. The van der Waals surface area contributed by atoms with Gasteiger partial charge in [-0.3, -0.25) is 0 Å². The number of hydrogen-bond donors (Lipinski definition) is 1. The monoisotopic (exact) mass is 172 g/mol. The molecule has 0 saturated carbocycles. The molecule has 0 fully saturated rings. The van der Waals surface area contributed by atoms with Crippen molar-refractivity contribution in [2.45, 2.75) is 39.7 Å². The van der Waals surface area contributed by atoms with Gasteiger partial charge >= 0.3 is 6.03 Å². The first-order valence-electron chi connectivity index (χ1n) is 4.46.